The summed E-state index contributed by atoms with van der Waals surface area (Å²) in [4.78, 5) is 17.5. The number of nitrogens with one attached hydrogen (secondary N) is 1. The SMILES string of the molecule is CCN(CC)C(=O)NC1CCC(Oc2ccc(C(F)(F)F)cn2)CC1. The first-order chi connectivity index (χ1) is 11.8. The number of hydrogen-bond acceptors (Lipinski definition) is 3. The summed E-state index contributed by atoms with van der Waals surface area (Å²) in [6.45, 7) is 5.20. The van der Waals surface area contributed by atoms with Gasteiger partial charge in [0.25, 0.3) is 0 Å². The van der Waals surface area contributed by atoms with Crippen LogP contribution in [0.3, 0.4) is 0 Å². The maximum absolute atomic E-state index is 12.5. The van der Waals surface area contributed by atoms with E-state index >= 15 is 0 Å². The number of hydrogen-bond donors (Lipinski definition) is 1. The Morgan fingerprint density at radius 1 is 1.24 bits per heavy atom. The highest BCUT2D eigenvalue weighted by Crippen LogP contribution is 2.30. The Balaban J connectivity index is 1.79. The van der Waals surface area contributed by atoms with Crippen LogP contribution < -0.4 is 10.1 Å². The van der Waals surface area contributed by atoms with E-state index in [1.54, 1.807) is 4.90 Å². The lowest BCUT2D eigenvalue weighted by Crippen LogP contribution is -2.46. The minimum Gasteiger partial charge on any atom is -0.474 e. The molecule has 1 fully saturated rings. The largest absolute Gasteiger partial charge is 0.474 e. The van der Waals surface area contributed by atoms with Crippen molar-refractivity contribution in [3.8, 4) is 5.88 Å². The van der Waals surface area contributed by atoms with Gasteiger partial charge in [0.15, 0.2) is 0 Å². The molecule has 25 heavy (non-hydrogen) atoms. The van der Waals surface area contributed by atoms with Gasteiger partial charge in [-0.2, -0.15) is 13.2 Å². The number of rotatable bonds is 5. The van der Waals surface area contributed by atoms with Gasteiger partial charge < -0.3 is 15.0 Å². The zero-order chi connectivity index (χ0) is 18.4. The normalized spacial score (nSPS) is 20.8. The van der Waals surface area contributed by atoms with Crippen molar-refractivity contribution in [2.45, 2.75) is 57.9 Å². The Morgan fingerprint density at radius 2 is 1.88 bits per heavy atom. The topological polar surface area (TPSA) is 54.5 Å². The predicted octanol–water partition coefficient (Wildman–Crippen LogP) is 3.84. The van der Waals surface area contributed by atoms with E-state index in [1.807, 2.05) is 13.8 Å². The maximum Gasteiger partial charge on any atom is 0.417 e. The number of aromatic nitrogens is 1. The standard InChI is InChI=1S/C17H24F3N3O2/c1-3-23(4-2)16(24)22-13-6-8-14(9-7-13)25-15-10-5-12(11-21-15)17(18,19)20/h5,10-11,13-14H,3-4,6-9H2,1-2H3,(H,22,24). The van der Waals surface area contributed by atoms with Gasteiger partial charge in [0.1, 0.15) is 6.10 Å². The van der Waals surface area contributed by atoms with Crippen LogP contribution in [0.15, 0.2) is 18.3 Å². The summed E-state index contributed by atoms with van der Waals surface area (Å²) in [6.07, 6.45) is -0.697. The molecule has 0 saturated heterocycles. The number of carbonyl (C=O) groups excluding carboxylic acids is 1. The van der Waals surface area contributed by atoms with Crippen LogP contribution >= 0.6 is 0 Å². The van der Waals surface area contributed by atoms with Crippen LogP contribution in [0.25, 0.3) is 0 Å². The van der Waals surface area contributed by atoms with Gasteiger partial charge in [-0.25, -0.2) is 9.78 Å². The molecule has 140 valence electrons. The Bertz CT molecular complexity index is 551. The molecule has 0 bridgehead atoms. The number of alkyl halides is 3. The van der Waals surface area contributed by atoms with E-state index in [4.69, 9.17) is 4.74 Å². The van der Waals surface area contributed by atoms with Gasteiger partial charge in [0, 0.05) is 31.4 Å². The number of ether oxygens (including phenoxy) is 1. The second-order valence-electron chi connectivity index (χ2n) is 6.10. The molecule has 8 heteroatoms. The lowest BCUT2D eigenvalue weighted by atomic mass is 9.93. The average molecular weight is 359 g/mol. The highest BCUT2D eigenvalue weighted by atomic mass is 19.4. The van der Waals surface area contributed by atoms with Crippen LogP contribution in [0.4, 0.5) is 18.0 Å². The van der Waals surface area contributed by atoms with Gasteiger partial charge >= 0.3 is 12.2 Å². The molecule has 0 atom stereocenters. The predicted molar refractivity (Wildman–Crippen MR) is 87.4 cm³/mol. The van der Waals surface area contributed by atoms with Gasteiger partial charge in [-0.3, -0.25) is 0 Å². The number of amides is 2. The number of nitrogens with zero attached hydrogens (tertiary/aromatic N) is 2. The second kappa shape index (κ2) is 8.40. The molecule has 2 amide bonds. The van der Waals surface area contributed by atoms with Crippen molar-refractivity contribution in [2.75, 3.05) is 13.1 Å². The van der Waals surface area contributed by atoms with E-state index in [9.17, 15) is 18.0 Å². The Morgan fingerprint density at radius 3 is 2.36 bits per heavy atom. The fourth-order valence-corrected chi connectivity index (χ4v) is 2.89. The van der Waals surface area contributed by atoms with Crippen LogP contribution in [-0.2, 0) is 6.18 Å². The molecular weight excluding hydrogens is 335 g/mol. The lowest BCUT2D eigenvalue weighted by molar-refractivity contribution is -0.137. The number of urea groups is 1. The lowest BCUT2D eigenvalue weighted by Gasteiger charge is -2.31. The van der Waals surface area contributed by atoms with Crippen molar-refractivity contribution >= 4 is 6.03 Å². The quantitative estimate of drug-likeness (QED) is 0.869. The first kappa shape index (κ1) is 19.3. The van der Waals surface area contributed by atoms with Crippen molar-refractivity contribution in [2.24, 2.45) is 0 Å². The molecule has 1 heterocycles. The van der Waals surface area contributed by atoms with E-state index in [-0.39, 0.29) is 24.1 Å². The fourth-order valence-electron chi connectivity index (χ4n) is 2.89. The molecule has 1 saturated carbocycles. The van der Waals surface area contributed by atoms with Gasteiger partial charge in [-0.15, -0.1) is 0 Å². The molecule has 1 aliphatic carbocycles. The molecule has 1 N–H and O–H groups in total. The molecule has 1 aromatic rings. The highest BCUT2D eigenvalue weighted by Gasteiger charge is 2.31. The van der Waals surface area contributed by atoms with Crippen LogP contribution in [0.2, 0.25) is 0 Å². The third-order valence-electron chi connectivity index (χ3n) is 4.40. The van der Waals surface area contributed by atoms with Gasteiger partial charge in [0.05, 0.1) is 5.56 Å². The van der Waals surface area contributed by atoms with E-state index < -0.39 is 11.7 Å². The molecule has 2 rings (SSSR count). The molecule has 0 spiro atoms. The zero-order valence-corrected chi connectivity index (χ0v) is 14.5. The molecule has 1 aromatic heterocycles. The minimum absolute atomic E-state index is 0.0567. The summed E-state index contributed by atoms with van der Waals surface area (Å²) in [6, 6.07) is 2.27. The van der Waals surface area contributed by atoms with Crippen molar-refractivity contribution < 1.29 is 22.7 Å². The first-order valence-corrected chi connectivity index (χ1v) is 8.58. The van der Waals surface area contributed by atoms with E-state index in [0.29, 0.717) is 13.1 Å². The van der Waals surface area contributed by atoms with Crippen molar-refractivity contribution in [1.29, 1.82) is 0 Å². The summed E-state index contributed by atoms with van der Waals surface area (Å²) in [5.41, 5.74) is -0.789. The van der Waals surface area contributed by atoms with Crippen molar-refractivity contribution in [3.05, 3.63) is 23.9 Å². The van der Waals surface area contributed by atoms with E-state index in [0.717, 1.165) is 37.9 Å². The van der Waals surface area contributed by atoms with Crippen molar-refractivity contribution in [3.63, 3.8) is 0 Å². The van der Waals surface area contributed by atoms with Gasteiger partial charge in [-0.05, 0) is 45.6 Å². The zero-order valence-electron chi connectivity index (χ0n) is 14.5. The second-order valence-corrected chi connectivity index (χ2v) is 6.10. The summed E-state index contributed by atoms with van der Waals surface area (Å²) >= 11 is 0. The van der Waals surface area contributed by atoms with E-state index in [1.165, 1.54) is 6.07 Å². The molecule has 0 radical (unpaired) electrons. The maximum atomic E-state index is 12.5. The van der Waals surface area contributed by atoms with Crippen LogP contribution in [0, 0.1) is 0 Å². The third-order valence-corrected chi connectivity index (χ3v) is 4.40. The monoisotopic (exact) mass is 359 g/mol. The highest BCUT2D eigenvalue weighted by molar-refractivity contribution is 5.74. The number of halogens is 3. The molecule has 1 aliphatic rings. The molecular formula is C17H24F3N3O2. The fraction of sp³-hybridized carbons (Fsp3) is 0.647. The average Bonchev–Trinajstić information content (AvgIpc) is 2.57. The summed E-state index contributed by atoms with van der Waals surface area (Å²) in [7, 11) is 0. The minimum atomic E-state index is -4.40. The van der Waals surface area contributed by atoms with Crippen LogP contribution in [-0.4, -0.2) is 41.2 Å². The first-order valence-electron chi connectivity index (χ1n) is 8.58. The Kier molecular flexibility index (Phi) is 6.50. The van der Waals surface area contributed by atoms with Crippen LogP contribution in [0.1, 0.15) is 45.1 Å². The summed E-state index contributed by atoms with van der Waals surface area (Å²) < 4.78 is 43.2. The van der Waals surface area contributed by atoms with Gasteiger partial charge in [-0.1, -0.05) is 0 Å². The molecule has 5 nitrogen and oxygen atoms in total. The summed E-state index contributed by atoms with van der Waals surface area (Å²) in [5.74, 6) is 0.198. The number of pyridine rings is 1. The van der Waals surface area contributed by atoms with Crippen LogP contribution in [0.5, 0.6) is 5.88 Å². The smallest absolute Gasteiger partial charge is 0.417 e. The number of carbonyl (C=O) groups is 1. The third kappa shape index (κ3) is 5.51. The van der Waals surface area contributed by atoms with Gasteiger partial charge in [0.2, 0.25) is 5.88 Å². The molecule has 0 aromatic carbocycles. The summed E-state index contributed by atoms with van der Waals surface area (Å²) in [5, 5.41) is 3.02. The Hall–Kier alpha value is -1.99. The molecule has 0 unspecified atom stereocenters. The molecule has 0 aliphatic heterocycles. The van der Waals surface area contributed by atoms with E-state index in [2.05, 4.69) is 10.3 Å². The Labute approximate surface area is 145 Å². The van der Waals surface area contributed by atoms with Crippen molar-refractivity contribution in [1.82, 2.24) is 15.2 Å².